The van der Waals surface area contributed by atoms with Crippen LogP contribution < -0.4 is 5.32 Å². The fraction of sp³-hybridized carbons (Fsp3) is 0.867. The van der Waals surface area contributed by atoms with Crippen LogP contribution in [0.1, 0.15) is 39.5 Å². The number of hydrogen-bond acceptors (Lipinski definition) is 3. The van der Waals surface area contributed by atoms with Crippen molar-refractivity contribution in [2.45, 2.75) is 39.5 Å². The van der Waals surface area contributed by atoms with Crippen LogP contribution in [0.5, 0.6) is 0 Å². The number of piperidine rings is 1. The molecule has 2 rings (SSSR count). The van der Waals surface area contributed by atoms with Crippen molar-refractivity contribution in [2.75, 3.05) is 26.2 Å². The van der Waals surface area contributed by atoms with Crippen LogP contribution in [-0.2, 0) is 9.59 Å². The summed E-state index contributed by atoms with van der Waals surface area (Å²) in [7, 11) is 0. The van der Waals surface area contributed by atoms with E-state index in [-0.39, 0.29) is 11.8 Å². The molecule has 5 heteroatoms. The third-order valence-corrected chi connectivity index (χ3v) is 5.05. The molecular weight excluding hydrogens is 256 g/mol. The van der Waals surface area contributed by atoms with Crippen LogP contribution >= 0.6 is 0 Å². The maximum absolute atomic E-state index is 12.4. The first-order chi connectivity index (χ1) is 9.45. The molecular formula is C15H26N2O3. The average molecular weight is 282 g/mol. The molecule has 1 amide bonds. The van der Waals surface area contributed by atoms with Crippen molar-refractivity contribution in [2.24, 2.45) is 17.3 Å². The predicted octanol–water partition coefficient (Wildman–Crippen LogP) is 1.34. The van der Waals surface area contributed by atoms with Crippen molar-refractivity contribution in [3.05, 3.63) is 0 Å². The van der Waals surface area contributed by atoms with Gasteiger partial charge in [0, 0.05) is 19.5 Å². The van der Waals surface area contributed by atoms with Gasteiger partial charge in [0.05, 0.1) is 5.41 Å². The largest absolute Gasteiger partial charge is 0.481 e. The zero-order valence-electron chi connectivity index (χ0n) is 12.5. The van der Waals surface area contributed by atoms with E-state index in [9.17, 15) is 14.7 Å². The highest BCUT2D eigenvalue weighted by Crippen LogP contribution is 2.38. The van der Waals surface area contributed by atoms with E-state index in [1.165, 1.54) is 0 Å². The molecule has 0 saturated carbocycles. The van der Waals surface area contributed by atoms with Gasteiger partial charge in [0.1, 0.15) is 0 Å². The van der Waals surface area contributed by atoms with Gasteiger partial charge in [-0.15, -0.1) is 0 Å². The number of nitrogens with one attached hydrogen (secondary N) is 1. The highest BCUT2D eigenvalue weighted by Gasteiger charge is 2.48. The van der Waals surface area contributed by atoms with E-state index in [1.54, 1.807) is 4.90 Å². The Morgan fingerprint density at radius 3 is 2.70 bits per heavy atom. The molecule has 2 unspecified atom stereocenters. The second-order valence-electron chi connectivity index (χ2n) is 6.60. The summed E-state index contributed by atoms with van der Waals surface area (Å²) in [5, 5.41) is 12.8. The van der Waals surface area contributed by atoms with Gasteiger partial charge in [0.2, 0.25) is 5.91 Å². The molecule has 0 aromatic rings. The Bertz CT molecular complexity index is 377. The van der Waals surface area contributed by atoms with Crippen LogP contribution in [0.15, 0.2) is 0 Å². The molecule has 0 aromatic carbocycles. The first kappa shape index (κ1) is 15.3. The number of carbonyl (C=O) groups excluding carboxylic acids is 1. The van der Waals surface area contributed by atoms with E-state index >= 15 is 0 Å². The van der Waals surface area contributed by atoms with Crippen molar-refractivity contribution in [3.63, 3.8) is 0 Å². The first-order valence-corrected chi connectivity index (χ1v) is 7.67. The predicted molar refractivity (Wildman–Crippen MR) is 76.3 cm³/mol. The van der Waals surface area contributed by atoms with Gasteiger partial charge in [-0.25, -0.2) is 0 Å². The number of carboxylic acid groups (broad SMARTS) is 1. The lowest BCUT2D eigenvalue weighted by Crippen LogP contribution is -2.41. The quantitative estimate of drug-likeness (QED) is 0.816. The molecule has 0 bridgehead atoms. The first-order valence-electron chi connectivity index (χ1n) is 7.67. The van der Waals surface area contributed by atoms with Crippen molar-refractivity contribution in [3.8, 4) is 0 Å². The molecule has 2 aliphatic rings. The standard InChI is InChI=1S/C15H26N2O3/c1-11(2)15(14(19)20)5-7-17(10-15)13(18)8-12-4-3-6-16-9-12/h11-12,16H,3-10H2,1-2H3,(H,19,20). The third kappa shape index (κ3) is 2.97. The minimum atomic E-state index is -0.762. The van der Waals surface area contributed by atoms with Crippen molar-refractivity contribution >= 4 is 11.9 Å². The maximum Gasteiger partial charge on any atom is 0.311 e. The van der Waals surface area contributed by atoms with E-state index in [1.807, 2.05) is 13.8 Å². The third-order valence-electron chi connectivity index (χ3n) is 5.05. The Hall–Kier alpha value is -1.10. The summed E-state index contributed by atoms with van der Waals surface area (Å²) in [5.74, 6) is -0.172. The minimum Gasteiger partial charge on any atom is -0.481 e. The molecule has 2 N–H and O–H groups in total. The molecule has 0 radical (unpaired) electrons. The van der Waals surface area contributed by atoms with Crippen LogP contribution in [0.25, 0.3) is 0 Å². The SMILES string of the molecule is CC(C)C1(C(=O)O)CCN(C(=O)CC2CCCNC2)C1. The highest BCUT2D eigenvalue weighted by molar-refractivity contribution is 5.81. The van der Waals surface area contributed by atoms with E-state index < -0.39 is 11.4 Å². The van der Waals surface area contributed by atoms with Crippen molar-refractivity contribution in [1.82, 2.24) is 10.2 Å². The van der Waals surface area contributed by atoms with Crippen LogP contribution in [0.3, 0.4) is 0 Å². The number of likely N-dealkylation sites (tertiary alicyclic amines) is 1. The topological polar surface area (TPSA) is 69.6 Å². The fourth-order valence-electron chi connectivity index (χ4n) is 3.41. The zero-order valence-corrected chi connectivity index (χ0v) is 12.5. The zero-order chi connectivity index (χ0) is 14.8. The van der Waals surface area contributed by atoms with Crippen molar-refractivity contribution in [1.29, 1.82) is 0 Å². The van der Waals surface area contributed by atoms with Gasteiger partial charge in [-0.05, 0) is 44.2 Å². The van der Waals surface area contributed by atoms with Gasteiger partial charge in [-0.3, -0.25) is 9.59 Å². The second-order valence-corrected chi connectivity index (χ2v) is 6.60. The average Bonchev–Trinajstić information content (AvgIpc) is 2.86. The Morgan fingerprint density at radius 1 is 1.45 bits per heavy atom. The van der Waals surface area contributed by atoms with Crippen molar-refractivity contribution < 1.29 is 14.7 Å². The lowest BCUT2D eigenvalue weighted by atomic mass is 9.76. The normalized spacial score (nSPS) is 30.8. The second kappa shape index (κ2) is 6.12. The Labute approximate surface area is 120 Å². The van der Waals surface area contributed by atoms with Crippen LogP contribution in [-0.4, -0.2) is 48.1 Å². The summed E-state index contributed by atoms with van der Waals surface area (Å²) in [6, 6.07) is 0. The monoisotopic (exact) mass is 282 g/mol. The summed E-state index contributed by atoms with van der Waals surface area (Å²) in [4.78, 5) is 25.7. The Kier molecular flexibility index (Phi) is 4.68. The number of carboxylic acids is 1. The number of hydrogen-bond donors (Lipinski definition) is 2. The Balaban J connectivity index is 1.94. The maximum atomic E-state index is 12.4. The Morgan fingerprint density at radius 2 is 2.20 bits per heavy atom. The number of rotatable bonds is 4. The lowest BCUT2D eigenvalue weighted by Gasteiger charge is -2.29. The van der Waals surface area contributed by atoms with Gasteiger partial charge < -0.3 is 15.3 Å². The summed E-state index contributed by atoms with van der Waals surface area (Å²) in [6.45, 7) is 6.79. The summed E-state index contributed by atoms with van der Waals surface area (Å²) in [5.41, 5.74) is -0.750. The molecule has 0 spiro atoms. The molecule has 20 heavy (non-hydrogen) atoms. The van der Waals surface area contributed by atoms with E-state index in [0.717, 1.165) is 25.9 Å². The molecule has 5 nitrogen and oxygen atoms in total. The van der Waals surface area contributed by atoms with E-state index in [4.69, 9.17) is 0 Å². The van der Waals surface area contributed by atoms with Gasteiger partial charge in [-0.2, -0.15) is 0 Å². The molecule has 0 aromatic heterocycles. The minimum absolute atomic E-state index is 0.0501. The highest BCUT2D eigenvalue weighted by atomic mass is 16.4. The summed E-state index contributed by atoms with van der Waals surface area (Å²) >= 11 is 0. The van der Waals surface area contributed by atoms with Crippen LogP contribution in [0, 0.1) is 17.3 Å². The number of nitrogens with zero attached hydrogens (tertiary/aromatic N) is 1. The molecule has 2 fully saturated rings. The smallest absolute Gasteiger partial charge is 0.311 e. The lowest BCUT2D eigenvalue weighted by molar-refractivity contribution is -0.151. The molecule has 2 aliphatic heterocycles. The summed E-state index contributed by atoms with van der Waals surface area (Å²) in [6.07, 6.45) is 3.36. The molecule has 0 aliphatic carbocycles. The molecule has 114 valence electrons. The van der Waals surface area contributed by atoms with Gasteiger partial charge >= 0.3 is 5.97 Å². The number of carbonyl (C=O) groups is 2. The molecule has 2 saturated heterocycles. The number of aliphatic carboxylic acids is 1. The van der Waals surface area contributed by atoms with Gasteiger partial charge in [0.15, 0.2) is 0 Å². The number of amides is 1. The van der Waals surface area contributed by atoms with Crippen LogP contribution in [0.4, 0.5) is 0 Å². The molecule has 2 heterocycles. The van der Waals surface area contributed by atoms with Gasteiger partial charge in [-0.1, -0.05) is 13.8 Å². The van der Waals surface area contributed by atoms with E-state index in [2.05, 4.69) is 5.32 Å². The summed E-state index contributed by atoms with van der Waals surface area (Å²) < 4.78 is 0. The fourth-order valence-corrected chi connectivity index (χ4v) is 3.41. The van der Waals surface area contributed by atoms with Crippen LogP contribution in [0.2, 0.25) is 0 Å². The van der Waals surface area contributed by atoms with E-state index in [0.29, 0.717) is 31.8 Å². The molecule has 2 atom stereocenters. The van der Waals surface area contributed by atoms with Gasteiger partial charge in [0.25, 0.3) is 0 Å².